The Morgan fingerprint density at radius 3 is 2.65 bits per heavy atom. The summed E-state index contributed by atoms with van der Waals surface area (Å²) in [5.41, 5.74) is 0.820. The summed E-state index contributed by atoms with van der Waals surface area (Å²) in [4.78, 5) is 18.3. The van der Waals surface area contributed by atoms with E-state index >= 15 is 0 Å². The molecule has 5 fully saturated rings. The molecule has 0 aromatic heterocycles. The maximum atomic E-state index is 13.3. The first-order valence-electron chi connectivity index (χ1n) is 13.2. The molecule has 0 bridgehead atoms. The molecule has 7 heteroatoms. The van der Waals surface area contributed by atoms with Crippen molar-refractivity contribution in [2.75, 3.05) is 39.5 Å². The first kappa shape index (κ1) is 21.5. The Morgan fingerprint density at radius 1 is 1.00 bits per heavy atom. The zero-order valence-corrected chi connectivity index (χ0v) is 20.3. The Bertz CT molecular complexity index is 993. The predicted molar refractivity (Wildman–Crippen MR) is 124 cm³/mol. The van der Waals surface area contributed by atoms with E-state index in [4.69, 9.17) is 18.9 Å². The van der Waals surface area contributed by atoms with Crippen molar-refractivity contribution in [3.63, 3.8) is 0 Å². The third-order valence-corrected chi connectivity index (χ3v) is 9.85. The van der Waals surface area contributed by atoms with Gasteiger partial charge < -0.3 is 18.9 Å². The topological polar surface area (TPSA) is 63.8 Å². The van der Waals surface area contributed by atoms with Crippen molar-refractivity contribution in [3.05, 3.63) is 23.8 Å². The number of nitrogens with zero attached hydrogens (tertiary/aromatic N) is 2. The summed E-state index contributed by atoms with van der Waals surface area (Å²) in [6.07, 6.45) is 4.64. The molecule has 4 aliphatic heterocycles. The lowest BCUT2D eigenvalue weighted by Crippen LogP contribution is -2.58. The summed E-state index contributed by atoms with van der Waals surface area (Å²) in [7, 11) is 0. The quantitative estimate of drug-likeness (QED) is 0.497. The largest absolute Gasteiger partial charge is 0.455 e. The number of carbonyl (C=O) groups excluding carboxylic acids is 1. The second-order valence-electron chi connectivity index (χ2n) is 11.8. The third kappa shape index (κ3) is 3.16. The maximum absolute atomic E-state index is 13.3. The molecule has 3 saturated heterocycles. The van der Waals surface area contributed by atoms with E-state index in [2.05, 4.69) is 35.8 Å². The Hall–Kier alpha value is -1.83. The summed E-state index contributed by atoms with van der Waals surface area (Å²) in [6.45, 7) is 10.6. The van der Waals surface area contributed by atoms with Gasteiger partial charge in [0.05, 0.1) is 11.5 Å². The van der Waals surface area contributed by atoms with E-state index in [-0.39, 0.29) is 29.2 Å². The van der Waals surface area contributed by atoms with Crippen LogP contribution in [-0.2, 0) is 20.8 Å². The van der Waals surface area contributed by atoms with Gasteiger partial charge >= 0.3 is 5.97 Å². The highest BCUT2D eigenvalue weighted by molar-refractivity contribution is 5.77. The van der Waals surface area contributed by atoms with Crippen LogP contribution >= 0.6 is 0 Å². The number of rotatable bonds is 4. The van der Waals surface area contributed by atoms with Crippen LogP contribution in [0.1, 0.15) is 45.1 Å². The van der Waals surface area contributed by atoms with Crippen molar-refractivity contribution in [1.29, 1.82) is 0 Å². The van der Waals surface area contributed by atoms with Gasteiger partial charge in [-0.2, -0.15) is 0 Å². The number of esters is 1. The van der Waals surface area contributed by atoms with E-state index in [0.29, 0.717) is 24.5 Å². The summed E-state index contributed by atoms with van der Waals surface area (Å²) in [5.74, 6) is 3.08. The van der Waals surface area contributed by atoms with Gasteiger partial charge in [0.25, 0.3) is 0 Å². The summed E-state index contributed by atoms with van der Waals surface area (Å²) in [6, 6.07) is 6.24. The second kappa shape index (κ2) is 7.58. The maximum Gasteiger partial charge on any atom is 0.311 e. The van der Waals surface area contributed by atoms with E-state index in [1.54, 1.807) is 0 Å². The molecule has 0 unspecified atom stereocenters. The van der Waals surface area contributed by atoms with Gasteiger partial charge in [0.2, 0.25) is 6.79 Å². The minimum absolute atomic E-state index is 0.0121. The normalized spacial score (nSPS) is 43.1. The molecular weight excluding hydrogens is 432 g/mol. The van der Waals surface area contributed by atoms with Crippen LogP contribution < -0.4 is 9.47 Å². The SMILES string of the molecule is C[C@H]1CC[C@@H]2[C@@H](CN3CCN(Cc4ccc5c(c4)OCO5)CC3)C(=O)O[C@@]23[C@H]1CC[C@]1(C)O[C@@H]31. The molecular formula is C27H36N2O5. The molecule has 0 N–H and O–H groups in total. The highest BCUT2D eigenvalue weighted by Gasteiger charge is 2.77. The van der Waals surface area contributed by atoms with Crippen molar-refractivity contribution in [2.24, 2.45) is 23.7 Å². The number of fused-ring (bicyclic) bond motifs is 2. The number of hydrogen-bond acceptors (Lipinski definition) is 7. The molecule has 6 aliphatic rings. The second-order valence-corrected chi connectivity index (χ2v) is 11.8. The van der Waals surface area contributed by atoms with E-state index in [9.17, 15) is 4.79 Å². The Balaban J connectivity index is 1.01. The van der Waals surface area contributed by atoms with Gasteiger partial charge in [0, 0.05) is 51.1 Å². The standard InChI is InChI=1S/C27H36N2O5/c1-17-3-5-21-19(24(30)33-27(21)20(17)7-8-26(2)25(27)34-26)15-29-11-9-28(10-12-29)14-18-4-6-22-23(13-18)32-16-31-22/h4,6,13,17,19-21,25H,3,5,7-12,14-16H2,1-2H3/t17-,19+,20-,21+,25+,26-,27-/m0/s1. The lowest BCUT2D eigenvalue weighted by molar-refractivity contribution is -0.168. The number of carbonyl (C=O) groups is 1. The molecule has 4 heterocycles. The zero-order valence-electron chi connectivity index (χ0n) is 20.3. The number of hydrogen-bond donors (Lipinski definition) is 0. The fourth-order valence-corrected chi connectivity index (χ4v) is 7.97. The van der Waals surface area contributed by atoms with Crippen LogP contribution in [0.2, 0.25) is 0 Å². The van der Waals surface area contributed by atoms with Crippen LogP contribution in [0.25, 0.3) is 0 Å². The molecule has 184 valence electrons. The molecule has 1 aromatic rings. The first-order valence-corrected chi connectivity index (χ1v) is 13.2. The number of piperazine rings is 1. The van der Waals surface area contributed by atoms with Gasteiger partial charge in [-0.15, -0.1) is 0 Å². The highest BCUT2D eigenvalue weighted by atomic mass is 16.7. The Kier molecular flexibility index (Phi) is 4.78. The molecule has 7 nitrogen and oxygen atoms in total. The minimum atomic E-state index is -0.367. The van der Waals surface area contributed by atoms with Gasteiger partial charge in [0.1, 0.15) is 11.7 Å². The van der Waals surface area contributed by atoms with Crippen molar-refractivity contribution >= 4 is 5.97 Å². The van der Waals surface area contributed by atoms with Crippen LogP contribution in [0, 0.1) is 23.7 Å². The van der Waals surface area contributed by atoms with Crippen LogP contribution in [0.4, 0.5) is 0 Å². The van der Waals surface area contributed by atoms with Crippen molar-refractivity contribution in [3.8, 4) is 11.5 Å². The highest BCUT2D eigenvalue weighted by Crippen LogP contribution is 2.66. The smallest absolute Gasteiger partial charge is 0.311 e. The average molecular weight is 469 g/mol. The minimum Gasteiger partial charge on any atom is -0.455 e. The summed E-state index contributed by atoms with van der Waals surface area (Å²) >= 11 is 0. The monoisotopic (exact) mass is 468 g/mol. The van der Waals surface area contributed by atoms with Crippen molar-refractivity contribution < 1.29 is 23.7 Å². The third-order valence-electron chi connectivity index (χ3n) is 9.85. The van der Waals surface area contributed by atoms with Gasteiger partial charge in [-0.05, 0) is 56.2 Å². The van der Waals surface area contributed by atoms with Crippen molar-refractivity contribution in [1.82, 2.24) is 9.80 Å². The average Bonchev–Trinajstić information content (AvgIpc) is 3.19. The molecule has 34 heavy (non-hydrogen) atoms. The molecule has 7 rings (SSSR count). The molecule has 7 atom stereocenters. The fraction of sp³-hybridized carbons (Fsp3) is 0.741. The zero-order chi connectivity index (χ0) is 23.1. The molecule has 0 amide bonds. The van der Waals surface area contributed by atoms with Gasteiger partial charge in [0.15, 0.2) is 11.5 Å². The lowest BCUT2D eigenvalue weighted by Gasteiger charge is -2.50. The van der Waals surface area contributed by atoms with Gasteiger partial charge in [-0.3, -0.25) is 14.6 Å². The van der Waals surface area contributed by atoms with E-state index in [0.717, 1.165) is 70.0 Å². The predicted octanol–water partition coefficient (Wildman–Crippen LogP) is 3.06. The summed E-state index contributed by atoms with van der Waals surface area (Å²) in [5, 5.41) is 0. The Labute approximate surface area is 201 Å². The number of benzene rings is 1. The van der Waals surface area contributed by atoms with Gasteiger partial charge in [-0.1, -0.05) is 13.0 Å². The number of ether oxygens (including phenoxy) is 4. The van der Waals surface area contributed by atoms with E-state index in [1.165, 1.54) is 12.0 Å². The summed E-state index contributed by atoms with van der Waals surface area (Å²) < 4.78 is 23.6. The van der Waals surface area contributed by atoms with Crippen LogP contribution in [0.3, 0.4) is 0 Å². The van der Waals surface area contributed by atoms with Crippen LogP contribution in [0.15, 0.2) is 18.2 Å². The van der Waals surface area contributed by atoms with E-state index in [1.807, 2.05) is 6.07 Å². The van der Waals surface area contributed by atoms with Crippen molar-refractivity contribution in [2.45, 2.75) is 63.4 Å². The van der Waals surface area contributed by atoms with Crippen LogP contribution in [0.5, 0.6) is 11.5 Å². The number of epoxide rings is 1. The molecule has 2 aliphatic carbocycles. The first-order chi connectivity index (χ1) is 16.5. The van der Waals surface area contributed by atoms with E-state index < -0.39 is 0 Å². The molecule has 2 saturated carbocycles. The molecule has 1 aromatic carbocycles. The Morgan fingerprint density at radius 2 is 1.79 bits per heavy atom. The molecule has 1 spiro atoms. The van der Waals surface area contributed by atoms with Crippen LogP contribution in [-0.4, -0.2) is 72.6 Å². The fourth-order valence-electron chi connectivity index (χ4n) is 7.97. The lowest BCUT2D eigenvalue weighted by atomic mass is 9.55. The molecule has 0 radical (unpaired) electrons. The van der Waals surface area contributed by atoms with Gasteiger partial charge in [-0.25, -0.2) is 0 Å².